The van der Waals surface area contributed by atoms with Crippen LogP contribution in [0.15, 0.2) is 0 Å². The minimum atomic E-state index is -1.12. The molecule has 0 aromatic heterocycles. The lowest BCUT2D eigenvalue weighted by Gasteiger charge is -2.23. The number of imide groups is 1. The van der Waals surface area contributed by atoms with Gasteiger partial charge in [-0.15, -0.1) is 5.06 Å². The SMILES string of the molecule is CC(C)(C)OC(=O)CCCCCCCCCCCCCCC(=O)NCCCC[C@H](NC(=O)OC(C)(C)C)C(=O)ON1C(=O)CCC1=O. The molecular formula is C35H61N3O9. The second-order valence-electron chi connectivity index (χ2n) is 14.4. The average Bonchev–Trinajstić information content (AvgIpc) is 3.26. The zero-order valence-corrected chi connectivity index (χ0v) is 29.8. The van der Waals surface area contributed by atoms with Gasteiger partial charge in [0, 0.05) is 32.2 Å². The van der Waals surface area contributed by atoms with E-state index in [1.165, 1.54) is 38.5 Å². The van der Waals surface area contributed by atoms with E-state index in [0.717, 1.165) is 38.5 Å². The second kappa shape index (κ2) is 22.4. The lowest BCUT2D eigenvalue weighted by Crippen LogP contribution is -2.46. The Morgan fingerprint density at radius 1 is 0.660 bits per heavy atom. The Morgan fingerprint density at radius 2 is 1.13 bits per heavy atom. The molecular weight excluding hydrogens is 606 g/mol. The first-order chi connectivity index (χ1) is 22.1. The highest BCUT2D eigenvalue weighted by Gasteiger charge is 2.35. The monoisotopic (exact) mass is 667 g/mol. The summed E-state index contributed by atoms with van der Waals surface area (Å²) in [5, 5.41) is 5.82. The van der Waals surface area contributed by atoms with Gasteiger partial charge in [-0.1, -0.05) is 64.2 Å². The number of hydrogen-bond acceptors (Lipinski definition) is 9. The van der Waals surface area contributed by atoms with Crippen LogP contribution in [0.4, 0.5) is 4.79 Å². The van der Waals surface area contributed by atoms with Crippen LogP contribution >= 0.6 is 0 Å². The Balaban J connectivity index is 2.10. The van der Waals surface area contributed by atoms with Crippen LogP contribution in [0.25, 0.3) is 0 Å². The Bertz CT molecular complexity index is 985. The minimum absolute atomic E-state index is 0.00927. The summed E-state index contributed by atoms with van der Waals surface area (Å²) in [7, 11) is 0. The lowest BCUT2D eigenvalue weighted by molar-refractivity contribution is -0.199. The first kappa shape index (κ1) is 41.8. The Labute approximate surface area is 281 Å². The van der Waals surface area contributed by atoms with Gasteiger partial charge in [-0.05, 0) is 73.6 Å². The summed E-state index contributed by atoms with van der Waals surface area (Å²) in [6, 6.07) is -1.12. The highest BCUT2D eigenvalue weighted by Crippen LogP contribution is 2.16. The number of carbonyl (C=O) groups is 6. The summed E-state index contributed by atoms with van der Waals surface area (Å²) in [6.45, 7) is 11.2. The molecule has 1 aliphatic heterocycles. The third-order valence-electron chi connectivity index (χ3n) is 7.36. The van der Waals surface area contributed by atoms with Crippen molar-refractivity contribution >= 4 is 35.8 Å². The van der Waals surface area contributed by atoms with Crippen LogP contribution in [-0.4, -0.2) is 64.6 Å². The van der Waals surface area contributed by atoms with Crippen LogP contribution < -0.4 is 10.6 Å². The molecule has 270 valence electrons. The maximum absolute atomic E-state index is 12.7. The molecule has 12 nitrogen and oxygen atoms in total. The highest BCUT2D eigenvalue weighted by molar-refractivity contribution is 6.01. The predicted octanol–water partition coefficient (Wildman–Crippen LogP) is 6.58. The van der Waals surface area contributed by atoms with Crippen molar-refractivity contribution < 1.29 is 43.1 Å². The fraction of sp³-hybridized carbons (Fsp3) is 0.829. The average molecular weight is 668 g/mol. The van der Waals surface area contributed by atoms with E-state index < -0.39 is 41.1 Å². The molecule has 0 unspecified atom stereocenters. The number of alkyl carbamates (subject to hydrolysis) is 1. The largest absolute Gasteiger partial charge is 0.460 e. The van der Waals surface area contributed by atoms with Crippen molar-refractivity contribution in [1.82, 2.24) is 15.7 Å². The van der Waals surface area contributed by atoms with Gasteiger partial charge in [-0.2, -0.15) is 0 Å². The van der Waals surface area contributed by atoms with Crippen LogP contribution in [0.2, 0.25) is 0 Å². The Hall–Kier alpha value is -3.18. The molecule has 0 saturated carbocycles. The van der Waals surface area contributed by atoms with Crippen molar-refractivity contribution in [2.45, 2.75) is 181 Å². The molecule has 0 aliphatic carbocycles. The summed E-state index contributed by atoms with van der Waals surface area (Å²) >= 11 is 0. The minimum Gasteiger partial charge on any atom is -0.460 e. The third kappa shape index (κ3) is 22.1. The van der Waals surface area contributed by atoms with Crippen LogP contribution in [0.1, 0.15) is 164 Å². The molecule has 1 aliphatic rings. The summed E-state index contributed by atoms with van der Waals surface area (Å²) < 4.78 is 10.6. The Kier molecular flexibility index (Phi) is 19.9. The summed E-state index contributed by atoms with van der Waals surface area (Å²) in [5.41, 5.74) is -1.19. The standard InChI is InChI=1S/C35H61N3O9/c1-34(2,3)45-31(42)23-18-16-14-12-10-8-7-9-11-13-15-17-22-28(39)36-26-20-19-21-27(37-33(44)46-35(4,5)6)32(43)47-38-29(40)24-25-30(38)41/h27H,7-26H2,1-6H3,(H,36,39)(H,37,44)/t27-/m0/s1. The number of unbranched alkanes of at least 4 members (excludes halogenated alkanes) is 12. The van der Waals surface area contributed by atoms with E-state index in [4.69, 9.17) is 14.3 Å². The fourth-order valence-corrected chi connectivity index (χ4v) is 5.02. The first-order valence-electron chi connectivity index (χ1n) is 17.6. The first-order valence-corrected chi connectivity index (χ1v) is 17.6. The van der Waals surface area contributed by atoms with Gasteiger partial charge in [-0.25, -0.2) is 9.59 Å². The van der Waals surface area contributed by atoms with E-state index >= 15 is 0 Å². The molecule has 0 bridgehead atoms. The molecule has 0 spiro atoms. The number of rotatable bonds is 23. The number of carbonyl (C=O) groups excluding carboxylic acids is 6. The summed E-state index contributed by atoms with van der Waals surface area (Å²) in [6.07, 6.45) is 14.8. The number of ether oxygens (including phenoxy) is 2. The van der Waals surface area contributed by atoms with Crippen molar-refractivity contribution in [3.63, 3.8) is 0 Å². The van der Waals surface area contributed by atoms with E-state index in [1.807, 2.05) is 20.8 Å². The number of hydroxylamine groups is 2. The molecule has 12 heteroatoms. The highest BCUT2D eigenvalue weighted by atomic mass is 16.7. The van der Waals surface area contributed by atoms with E-state index in [1.54, 1.807) is 20.8 Å². The van der Waals surface area contributed by atoms with E-state index in [9.17, 15) is 28.8 Å². The normalized spacial score (nSPS) is 14.1. The third-order valence-corrected chi connectivity index (χ3v) is 7.36. The molecule has 1 rings (SSSR count). The van der Waals surface area contributed by atoms with E-state index in [-0.39, 0.29) is 31.1 Å². The van der Waals surface area contributed by atoms with Crippen molar-refractivity contribution in [3.05, 3.63) is 0 Å². The quantitative estimate of drug-likeness (QED) is 0.0698. The number of amides is 4. The van der Waals surface area contributed by atoms with Gasteiger partial charge >= 0.3 is 18.0 Å². The summed E-state index contributed by atoms with van der Waals surface area (Å²) in [4.78, 5) is 77.6. The van der Waals surface area contributed by atoms with Crippen LogP contribution in [0.5, 0.6) is 0 Å². The van der Waals surface area contributed by atoms with Crippen molar-refractivity contribution in [3.8, 4) is 0 Å². The topological polar surface area (TPSA) is 157 Å². The predicted molar refractivity (Wildman–Crippen MR) is 178 cm³/mol. The van der Waals surface area contributed by atoms with E-state index in [2.05, 4.69) is 10.6 Å². The lowest BCUT2D eigenvalue weighted by atomic mass is 10.0. The van der Waals surface area contributed by atoms with Gasteiger partial charge in [0.15, 0.2) is 0 Å². The molecule has 4 amide bonds. The van der Waals surface area contributed by atoms with Crippen LogP contribution in [-0.2, 0) is 38.3 Å². The fourth-order valence-electron chi connectivity index (χ4n) is 5.02. The van der Waals surface area contributed by atoms with Crippen molar-refractivity contribution in [2.75, 3.05) is 6.54 Å². The Morgan fingerprint density at radius 3 is 1.62 bits per heavy atom. The molecule has 0 aromatic carbocycles. The van der Waals surface area contributed by atoms with Crippen molar-refractivity contribution in [1.29, 1.82) is 0 Å². The molecule has 2 N–H and O–H groups in total. The van der Waals surface area contributed by atoms with Gasteiger partial charge in [0.1, 0.15) is 17.2 Å². The maximum Gasteiger partial charge on any atom is 0.408 e. The van der Waals surface area contributed by atoms with Crippen LogP contribution in [0.3, 0.4) is 0 Å². The second-order valence-corrected chi connectivity index (χ2v) is 14.4. The van der Waals surface area contributed by atoms with Gasteiger partial charge in [0.05, 0.1) is 0 Å². The van der Waals surface area contributed by atoms with Gasteiger partial charge in [0.25, 0.3) is 11.8 Å². The number of esters is 1. The zero-order valence-electron chi connectivity index (χ0n) is 29.8. The van der Waals surface area contributed by atoms with E-state index in [0.29, 0.717) is 37.3 Å². The zero-order chi connectivity index (χ0) is 35.3. The van der Waals surface area contributed by atoms with Gasteiger partial charge in [0.2, 0.25) is 5.91 Å². The smallest absolute Gasteiger partial charge is 0.408 e. The molecule has 0 radical (unpaired) electrons. The van der Waals surface area contributed by atoms with Crippen LogP contribution in [0, 0.1) is 0 Å². The molecule has 1 atom stereocenters. The number of nitrogens with one attached hydrogen (secondary N) is 2. The maximum atomic E-state index is 12.7. The molecule has 1 saturated heterocycles. The van der Waals surface area contributed by atoms with Gasteiger partial charge in [-0.3, -0.25) is 19.2 Å². The number of nitrogens with zero attached hydrogens (tertiary/aromatic N) is 1. The summed E-state index contributed by atoms with van der Waals surface area (Å²) in [5.74, 6) is -2.24. The van der Waals surface area contributed by atoms with Gasteiger partial charge < -0.3 is 24.9 Å². The molecule has 0 aromatic rings. The molecule has 47 heavy (non-hydrogen) atoms. The van der Waals surface area contributed by atoms with Crippen molar-refractivity contribution in [2.24, 2.45) is 0 Å². The molecule has 1 heterocycles. The number of hydrogen-bond donors (Lipinski definition) is 2. The molecule has 1 fully saturated rings.